The second-order valence-corrected chi connectivity index (χ2v) is 7.44. The Labute approximate surface area is 178 Å². The molecule has 0 aliphatic carbocycles. The van der Waals surface area contributed by atoms with Crippen molar-refractivity contribution in [1.29, 1.82) is 0 Å². The maximum atomic E-state index is 5.12. The van der Waals surface area contributed by atoms with Crippen molar-refractivity contribution in [2.75, 3.05) is 52.9 Å². The summed E-state index contributed by atoms with van der Waals surface area (Å²) in [5, 5.41) is 4.95. The van der Waals surface area contributed by atoms with Crippen molar-refractivity contribution < 1.29 is 4.74 Å². The van der Waals surface area contributed by atoms with Crippen LogP contribution in [0, 0.1) is 0 Å². The van der Waals surface area contributed by atoms with E-state index in [1.54, 1.807) is 7.11 Å². The molecule has 160 valence electrons. The van der Waals surface area contributed by atoms with E-state index in [1.807, 2.05) is 18.2 Å². The van der Waals surface area contributed by atoms with E-state index >= 15 is 0 Å². The highest BCUT2D eigenvalue weighted by Crippen LogP contribution is 2.14. The van der Waals surface area contributed by atoms with Gasteiger partial charge in [0.2, 0.25) is 0 Å². The molecule has 29 heavy (non-hydrogen) atoms. The van der Waals surface area contributed by atoms with Crippen molar-refractivity contribution in [3.8, 4) is 5.75 Å². The molecule has 4 heteroatoms. The number of piperazine rings is 1. The van der Waals surface area contributed by atoms with Gasteiger partial charge in [-0.15, -0.1) is 0 Å². The third kappa shape index (κ3) is 8.17. The van der Waals surface area contributed by atoms with Crippen molar-refractivity contribution in [1.82, 2.24) is 14.9 Å². The van der Waals surface area contributed by atoms with Gasteiger partial charge in [0.15, 0.2) is 0 Å². The van der Waals surface area contributed by atoms with Crippen molar-refractivity contribution in [2.24, 2.45) is 0 Å². The highest BCUT2D eigenvalue weighted by atomic mass is 16.5. The maximum absolute atomic E-state index is 5.12. The fraction of sp³-hybridized carbons (Fsp3) is 0.520. The van der Waals surface area contributed by atoms with Crippen molar-refractivity contribution in [3.63, 3.8) is 0 Å². The van der Waals surface area contributed by atoms with Gasteiger partial charge < -0.3 is 9.64 Å². The van der Waals surface area contributed by atoms with E-state index < -0.39 is 0 Å². The molecule has 1 heterocycles. The Balaban J connectivity index is 0.000000208. The third-order valence-electron chi connectivity index (χ3n) is 5.43. The zero-order valence-corrected chi connectivity index (χ0v) is 18.8. The Hall–Kier alpha value is -1.88. The standard InChI is InChI=1S/C14H14O.C11H25N3/c1-15-14-9-7-13(8-10-14)11-12-5-3-2-4-6-12;1-4-7-12-8-10-14(11-9-12)13(5-2)6-3/h2-10H,11H2,1H3;4-11H2,1-3H3. The molecule has 0 atom stereocenters. The predicted molar refractivity (Wildman–Crippen MR) is 123 cm³/mol. The Kier molecular flexibility index (Phi) is 10.8. The lowest BCUT2D eigenvalue weighted by molar-refractivity contribution is -0.0502. The minimum Gasteiger partial charge on any atom is -0.497 e. The van der Waals surface area contributed by atoms with Gasteiger partial charge in [-0.25, -0.2) is 10.0 Å². The van der Waals surface area contributed by atoms with Gasteiger partial charge in [-0.2, -0.15) is 0 Å². The number of benzene rings is 2. The Bertz CT molecular complexity index is 648. The number of hydrogen-bond donors (Lipinski definition) is 0. The first-order valence-corrected chi connectivity index (χ1v) is 11.1. The lowest BCUT2D eigenvalue weighted by Crippen LogP contribution is -2.53. The number of ether oxygens (including phenoxy) is 1. The van der Waals surface area contributed by atoms with E-state index in [4.69, 9.17) is 4.74 Å². The van der Waals surface area contributed by atoms with Gasteiger partial charge in [0.1, 0.15) is 5.75 Å². The van der Waals surface area contributed by atoms with Gasteiger partial charge in [0.25, 0.3) is 0 Å². The first-order chi connectivity index (χ1) is 14.2. The van der Waals surface area contributed by atoms with Gasteiger partial charge in [-0.1, -0.05) is 63.2 Å². The maximum Gasteiger partial charge on any atom is 0.118 e. The molecular formula is C25H39N3O. The highest BCUT2D eigenvalue weighted by molar-refractivity contribution is 5.31. The highest BCUT2D eigenvalue weighted by Gasteiger charge is 2.19. The average Bonchev–Trinajstić information content (AvgIpc) is 2.78. The second-order valence-electron chi connectivity index (χ2n) is 7.44. The van der Waals surface area contributed by atoms with Crippen LogP contribution in [0.3, 0.4) is 0 Å². The molecule has 0 bridgehead atoms. The average molecular weight is 398 g/mol. The Morgan fingerprint density at radius 2 is 1.38 bits per heavy atom. The van der Waals surface area contributed by atoms with E-state index in [-0.39, 0.29) is 0 Å². The van der Waals surface area contributed by atoms with E-state index in [9.17, 15) is 0 Å². The predicted octanol–water partition coefficient (Wildman–Crippen LogP) is 4.56. The largest absolute Gasteiger partial charge is 0.497 e. The molecule has 0 radical (unpaired) electrons. The number of hydrogen-bond acceptors (Lipinski definition) is 4. The number of hydrazine groups is 1. The molecule has 1 saturated heterocycles. The van der Waals surface area contributed by atoms with E-state index in [0.29, 0.717) is 0 Å². The van der Waals surface area contributed by atoms with Crippen molar-refractivity contribution >= 4 is 0 Å². The zero-order chi connectivity index (χ0) is 20.9. The monoisotopic (exact) mass is 397 g/mol. The molecule has 1 aliphatic rings. The topological polar surface area (TPSA) is 19.0 Å². The van der Waals surface area contributed by atoms with Gasteiger partial charge in [-0.05, 0) is 42.6 Å². The van der Waals surface area contributed by atoms with Crippen LogP contribution < -0.4 is 4.74 Å². The first kappa shape index (κ1) is 23.4. The SMILES string of the molecule is CCCN1CCN(N(CC)CC)CC1.COc1ccc(Cc2ccccc2)cc1. The first-order valence-electron chi connectivity index (χ1n) is 11.1. The fourth-order valence-electron chi connectivity index (χ4n) is 3.76. The summed E-state index contributed by atoms with van der Waals surface area (Å²) in [6, 6.07) is 18.7. The van der Waals surface area contributed by atoms with Crippen LogP contribution in [0.2, 0.25) is 0 Å². The lowest BCUT2D eigenvalue weighted by Gasteiger charge is -2.40. The van der Waals surface area contributed by atoms with Crippen LogP contribution in [0.15, 0.2) is 54.6 Å². The molecule has 0 N–H and O–H groups in total. The molecule has 2 aromatic rings. The Morgan fingerprint density at radius 1 is 0.793 bits per heavy atom. The van der Waals surface area contributed by atoms with E-state index in [2.05, 4.69) is 72.1 Å². The molecule has 4 nitrogen and oxygen atoms in total. The molecule has 0 saturated carbocycles. The van der Waals surface area contributed by atoms with Gasteiger partial charge in [0.05, 0.1) is 7.11 Å². The summed E-state index contributed by atoms with van der Waals surface area (Å²) in [6.45, 7) is 15.2. The molecule has 3 rings (SSSR count). The molecule has 2 aromatic carbocycles. The van der Waals surface area contributed by atoms with Gasteiger partial charge in [-0.3, -0.25) is 0 Å². The summed E-state index contributed by atoms with van der Waals surface area (Å²) in [7, 11) is 1.69. The molecular weight excluding hydrogens is 358 g/mol. The summed E-state index contributed by atoms with van der Waals surface area (Å²) >= 11 is 0. The molecule has 1 aliphatic heterocycles. The molecule has 0 aromatic heterocycles. The van der Waals surface area contributed by atoms with Gasteiger partial charge >= 0.3 is 0 Å². The third-order valence-corrected chi connectivity index (χ3v) is 5.43. The summed E-state index contributed by atoms with van der Waals surface area (Å²) in [5.74, 6) is 0.909. The van der Waals surface area contributed by atoms with Crippen LogP contribution in [-0.2, 0) is 6.42 Å². The lowest BCUT2D eigenvalue weighted by atomic mass is 10.1. The molecule has 1 fully saturated rings. The van der Waals surface area contributed by atoms with Crippen LogP contribution in [-0.4, -0.2) is 67.8 Å². The zero-order valence-electron chi connectivity index (χ0n) is 18.8. The van der Waals surface area contributed by atoms with E-state index in [1.165, 1.54) is 50.3 Å². The normalized spacial score (nSPS) is 15.1. The van der Waals surface area contributed by atoms with E-state index in [0.717, 1.165) is 25.3 Å². The minimum atomic E-state index is 0.909. The van der Waals surface area contributed by atoms with Crippen LogP contribution in [0.5, 0.6) is 5.75 Å². The van der Waals surface area contributed by atoms with Crippen molar-refractivity contribution in [3.05, 3.63) is 65.7 Å². The van der Waals surface area contributed by atoms with Crippen LogP contribution >= 0.6 is 0 Å². The van der Waals surface area contributed by atoms with Crippen LogP contribution in [0.4, 0.5) is 0 Å². The minimum absolute atomic E-state index is 0.909. The summed E-state index contributed by atoms with van der Waals surface area (Å²) < 4.78 is 5.12. The summed E-state index contributed by atoms with van der Waals surface area (Å²) in [5.41, 5.74) is 2.64. The molecule has 0 amide bonds. The quantitative estimate of drug-likeness (QED) is 0.650. The molecule has 0 unspecified atom stereocenters. The smallest absolute Gasteiger partial charge is 0.118 e. The van der Waals surface area contributed by atoms with Gasteiger partial charge in [0, 0.05) is 39.3 Å². The summed E-state index contributed by atoms with van der Waals surface area (Å²) in [6.07, 6.45) is 2.26. The molecule has 0 spiro atoms. The fourth-order valence-corrected chi connectivity index (χ4v) is 3.76. The number of methoxy groups -OCH3 is 1. The van der Waals surface area contributed by atoms with Crippen LogP contribution in [0.1, 0.15) is 38.3 Å². The summed E-state index contributed by atoms with van der Waals surface area (Å²) in [4.78, 5) is 2.57. The van der Waals surface area contributed by atoms with Crippen LogP contribution in [0.25, 0.3) is 0 Å². The number of nitrogens with zero attached hydrogens (tertiary/aromatic N) is 3. The van der Waals surface area contributed by atoms with Crippen molar-refractivity contribution in [2.45, 2.75) is 33.6 Å². The second kappa shape index (κ2) is 13.4. The number of rotatable bonds is 8. The Morgan fingerprint density at radius 3 is 1.90 bits per heavy atom.